The Morgan fingerprint density at radius 2 is 1.94 bits per heavy atom. The number of hydrogen-bond donors (Lipinski definition) is 2. The van der Waals surface area contributed by atoms with E-state index in [-0.39, 0.29) is 4.90 Å². The summed E-state index contributed by atoms with van der Waals surface area (Å²) < 4.78 is 23.3. The zero-order chi connectivity index (χ0) is 13.2. The molecule has 0 atom stereocenters. The lowest BCUT2D eigenvalue weighted by Crippen LogP contribution is -2.18. The van der Waals surface area contributed by atoms with Gasteiger partial charge in [0.2, 0.25) is 10.0 Å². The summed E-state index contributed by atoms with van der Waals surface area (Å²) in [6.07, 6.45) is 4.33. The molecule has 0 unspecified atom stereocenters. The number of nitrogens with one attached hydrogen (secondary N) is 1. The number of carbonyl (C=O) groups is 1. The molecule has 0 fully saturated rings. The normalized spacial score (nSPS) is 11.2. The van der Waals surface area contributed by atoms with Crippen molar-refractivity contribution in [2.45, 2.75) is 4.90 Å². The van der Waals surface area contributed by atoms with Crippen molar-refractivity contribution in [3.8, 4) is 0 Å². The fraction of sp³-hybridized carbons (Fsp3) is 0. The maximum absolute atomic E-state index is 11.6. The molecule has 8 heteroatoms. The Labute approximate surface area is 103 Å². The number of hydrogen-bond acceptors (Lipinski definition) is 4. The fourth-order valence-corrected chi connectivity index (χ4v) is 1.81. The molecular weight excluding hydrogens is 256 g/mol. The van der Waals surface area contributed by atoms with Gasteiger partial charge in [-0.1, -0.05) is 0 Å². The smallest absolute Gasteiger partial charge is 0.307 e. The van der Waals surface area contributed by atoms with Crippen LogP contribution in [0, 0.1) is 0 Å². The third-order valence-corrected chi connectivity index (χ3v) is 3.10. The number of imidazole rings is 1. The predicted octanol–water partition coefficient (Wildman–Crippen LogP) is 0.611. The summed E-state index contributed by atoms with van der Waals surface area (Å²) in [7, 11) is -3.72. The summed E-state index contributed by atoms with van der Waals surface area (Å²) in [5.41, 5.74) is 0.459. The van der Waals surface area contributed by atoms with Gasteiger partial charge in [0, 0.05) is 18.1 Å². The van der Waals surface area contributed by atoms with Crippen LogP contribution >= 0.6 is 0 Å². The number of benzene rings is 1. The van der Waals surface area contributed by atoms with Crippen LogP contribution in [0.2, 0.25) is 0 Å². The van der Waals surface area contributed by atoms with E-state index < -0.39 is 16.1 Å². The zero-order valence-electron chi connectivity index (χ0n) is 9.15. The SMILES string of the molecule is NS(=O)(=O)c1ccc(NC(=O)n2ccnc2)cc1. The van der Waals surface area contributed by atoms with Crippen LogP contribution in [0.25, 0.3) is 0 Å². The standard InChI is InChI=1S/C10H10N4O3S/c11-18(16,17)9-3-1-8(2-4-9)13-10(15)14-6-5-12-7-14/h1-7H,(H,13,15)(H2,11,16,17). The van der Waals surface area contributed by atoms with Gasteiger partial charge in [0.15, 0.2) is 0 Å². The van der Waals surface area contributed by atoms with Gasteiger partial charge < -0.3 is 5.32 Å². The van der Waals surface area contributed by atoms with Crippen molar-refractivity contribution in [2.24, 2.45) is 5.14 Å². The average Bonchev–Trinajstić information content (AvgIpc) is 2.82. The van der Waals surface area contributed by atoms with Gasteiger partial charge in [-0.05, 0) is 24.3 Å². The van der Waals surface area contributed by atoms with E-state index in [2.05, 4.69) is 10.3 Å². The molecule has 0 aliphatic rings. The first-order valence-corrected chi connectivity index (χ1v) is 6.43. The lowest BCUT2D eigenvalue weighted by atomic mass is 10.3. The van der Waals surface area contributed by atoms with Crippen molar-refractivity contribution in [2.75, 3.05) is 5.32 Å². The largest absolute Gasteiger partial charge is 0.331 e. The van der Waals surface area contributed by atoms with Gasteiger partial charge in [0.1, 0.15) is 6.33 Å². The number of carbonyl (C=O) groups excluding carboxylic acids is 1. The highest BCUT2D eigenvalue weighted by Gasteiger charge is 2.08. The second-order valence-electron chi connectivity index (χ2n) is 3.47. The highest BCUT2D eigenvalue weighted by atomic mass is 32.2. The molecule has 18 heavy (non-hydrogen) atoms. The summed E-state index contributed by atoms with van der Waals surface area (Å²) >= 11 is 0. The van der Waals surface area contributed by atoms with Crippen molar-refractivity contribution in [1.82, 2.24) is 9.55 Å². The van der Waals surface area contributed by atoms with Gasteiger partial charge >= 0.3 is 6.03 Å². The first-order chi connectivity index (χ1) is 8.47. The predicted molar refractivity (Wildman–Crippen MR) is 64.5 cm³/mol. The molecule has 0 spiro atoms. The van der Waals surface area contributed by atoms with E-state index in [4.69, 9.17) is 5.14 Å². The summed E-state index contributed by atoms with van der Waals surface area (Å²) in [6.45, 7) is 0. The van der Waals surface area contributed by atoms with E-state index in [0.717, 1.165) is 0 Å². The van der Waals surface area contributed by atoms with Gasteiger partial charge in [-0.2, -0.15) is 0 Å². The van der Waals surface area contributed by atoms with Crippen LogP contribution in [-0.2, 0) is 10.0 Å². The first-order valence-electron chi connectivity index (χ1n) is 4.89. The lowest BCUT2D eigenvalue weighted by molar-refractivity contribution is 0.253. The molecule has 1 amide bonds. The van der Waals surface area contributed by atoms with Crippen molar-refractivity contribution >= 4 is 21.7 Å². The van der Waals surface area contributed by atoms with Crippen LogP contribution in [0.5, 0.6) is 0 Å². The van der Waals surface area contributed by atoms with Crippen molar-refractivity contribution in [3.63, 3.8) is 0 Å². The third kappa shape index (κ3) is 2.73. The quantitative estimate of drug-likeness (QED) is 0.830. The monoisotopic (exact) mass is 266 g/mol. The highest BCUT2D eigenvalue weighted by molar-refractivity contribution is 7.89. The third-order valence-electron chi connectivity index (χ3n) is 2.17. The summed E-state index contributed by atoms with van der Waals surface area (Å²) in [5, 5.41) is 7.53. The first kappa shape index (κ1) is 12.3. The number of rotatable bonds is 2. The molecule has 94 valence electrons. The zero-order valence-corrected chi connectivity index (χ0v) is 9.96. The van der Waals surface area contributed by atoms with Crippen LogP contribution in [0.1, 0.15) is 0 Å². The molecule has 1 heterocycles. The fourth-order valence-electron chi connectivity index (χ4n) is 1.30. The minimum atomic E-state index is -3.72. The lowest BCUT2D eigenvalue weighted by Gasteiger charge is -2.05. The van der Waals surface area contributed by atoms with Crippen LogP contribution in [0.3, 0.4) is 0 Å². The number of nitrogens with two attached hydrogens (primary N) is 1. The van der Waals surface area contributed by atoms with E-state index in [0.29, 0.717) is 5.69 Å². The molecule has 1 aromatic carbocycles. The topological polar surface area (TPSA) is 107 Å². The van der Waals surface area contributed by atoms with E-state index in [1.54, 1.807) is 0 Å². The number of sulfonamides is 1. The molecule has 2 aromatic rings. The summed E-state index contributed by atoms with van der Waals surface area (Å²) in [6, 6.07) is 5.15. The number of nitrogens with zero attached hydrogens (tertiary/aromatic N) is 2. The average molecular weight is 266 g/mol. The molecule has 7 nitrogen and oxygen atoms in total. The van der Waals surface area contributed by atoms with Gasteiger partial charge in [0.05, 0.1) is 4.90 Å². The number of primary sulfonamides is 1. The van der Waals surface area contributed by atoms with Gasteiger partial charge in [0.25, 0.3) is 0 Å². The Kier molecular flexibility index (Phi) is 3.13. The van der Waals surface area contributed by atoms with Crippen molar-refractivity contribution < 1.29 is 13.2 Å². The highest BCUT2D eigenvalue weighted by Crippen LogP contribution is 2.12. The van der Waals surface area contributed by atoms with Crippen LogP contribution in [-0.4, -0.2) is 24.0 Å². The minimum Gasteiger partial charge on any atom is -0.307 e. The van der Waals surface area contributed by atoms with Crippen LogP contribution < -0.4 is 10.5 Å². The number of amides is 1. The van der Waals surface area contributed by atoms with E-state index in [1.165, 1.54) is 47.6 Å². The Bertz CT molecular complexity index is 647. The van der Waals surface area contributed by atoms with Gasteiger partial charge in [-0.15, -0.1) is 0 Å². The maximum atomic E-state index is 11.6. The minimum absolute atomic E-state index is 0.0110. The Hall–Kier alpha value is -2.19. The van der Waals surface area contributed by atoms with Crippen molar-refractivity contribution in [1.29, 1.82) is 0 Å². The second kappa shape index (κ2) is 4.59. The molecular formula is C10H10N4O3S. The van der Waals surface area contributed by atoms with Crippen molar-refractivity contribution in [3.05, 3.63) is 43.0 Å². The Morgan fingerprint density at radius 1 is 1.28 bits per heavy atom. The molecule has 0 aliphatic carbocycles. The van der Waals surface area contributed by atoms with E-state index >= 15 is 0 Å². The van der Waals surface area contributed by atoms with E-state index in [1.807, 2.05) is 0 Å². The number of anilines is 1. The molecule has 2 rings (SSSR count). The summed E-state index contributed by atoms with van der Waals surface area (Å²) in [5.74, 6) is 0. The molecule has 0 aliphatic heterocycles. The molecule has 3 N–H and O–H groups in total. The van der Waals surface area contributed by atoms with Gasteiger partial charge in [-0.3, -0.25) is 4.57 Å². The molecule has 0 saturated carbocycles. The van der Waals surface area contributed by atoms with Crippen LogP contribution in [0.15, 0.2) is 47.9 Å². The molecule has 0 bridgehead atoms. The van der Waals surface area contributed by atoms with E-state index in [9.17, 15) is 13.2 Å². The number of aromatic nitrogens is 2. The van der Waals surface area contributed by atoms with Gasteiger partial charge in [-0.25, -0.2) is 23.3 Å². The second-order valence-corrected chi connectivity index (χ2v) is 5.03. The Balaban J connectivity index is 2.14. The van der Waals surface area contributed by atoms with Crippen LogP contribution in [0.4, 0.5) is 10.5 Å². The maximum Gasteiger partial charge on any atom is 0.331 e. The summed E-state index contributed by atoms with van der Waals surface area (Å²) in [4.78, 5) is 15.4. The molecule has 0 saturated heterocycles. The Morgan fingerprint density at radius 3 is 2.44 bits per heavy atom. The molecule has 0 radical (unpaired) electrons. The molecule has 1 aromatic heterocycles.